The Bertz CT molecular complexity index is 424. The second-order valence-corrected chi connectivity index (χ2v) is 3.89. The summed E-state index contributed by atoms with van der Waals surface area (Å²) in [7, 11) is 1.84. The highest BCUT2D eigenvalue weighted by atomic mass is 32.2. The number of nitrogens with zero attached hydrogens (tertiary/aromatic N) is 3. The van der Waals surface area contributed by atoms with Crippen molar-refractivity contribution in [2.75, 3.05) is 0 Å². The van der Waals surface area contributed by atoms with Crippen LogP contribution in [-0.2, 0) is 7.05 Å². The molecule has 0 saturated heterocycles. The maximum Gasteiger partial charge on any atom is 0.119 e. The summed E-state index contributed by atoms with van der Waals surface area (Å²) in [6.07, 6.45) is 1.71. The Morgan fingerprint density at radius 3 is 2.57 bits per heavy atom. The van der Waals surface area contributed by atoms with Crippen LogP contribution in [0.5, 0.6) is 5.75 Å². The smallest absolute Gasteiger partial charge is 0.119 e. The predicted octanol–water partition coefficient (Wildman–Crippen LogP) is 1.67. The zero-order chi connectivity index (χ0) is 9.97. The van der Waals surface area contributed by atoms with Crippen molar-refractivity contribution in [3.05, 3.63) is 30.5 Å². The van der Waals surface area contributed by atoms with Crippen molar-refractivity contribution in [3.63, 3.8) is 0 Å². The van der Waals surface area contributed by atoms with E-state index < -0.39 is 0 Å². The first-order valence-corrected chi connectivity index (χ1v) is 4.89. The molecular weight excluding hydrogens is 198 g/mol. The number of hydrogen-bond donors (Lipinski definition) is 1. The summed E-state index contributed by atoms with van der Waals surface area (Å²) in [5, 5.41) is 17.7. The SMILES string of the molecule is Cn1nncc1Sc1ccc(O)cc1. The lowest BCUT2D eigenvalue weighted by Crippen LogP contribution is -1.91. The fourth-order valence-electron chi connectivity index (χ4n) is 1.01. The normalized spacial score (nSPS) is 10.4. The molecule has 0 atom stereocenters. The van der Waals surface area contributed by atoms with Gasteiger partial charge in [0.25, 0.3) is 0 Å². The molecular formula is C9H9N3OS. The molecule has 14 heavy (non-hydrogen) atoms. The lowest BCUT2D eigenvalue weighted by atomic mass is 10.3. The third-order valence-corrected chi connectivity index (χ3v) is 2.82. The number of benzene rings is 1. The van der Waals surface area contributed by atoms with E-state index in [-0.39, 0.29) is 5.75 Å². The second-order valence-electron chi connectivity index (χ2n) is 2.79. The molecule has 2 rings (SSSR count). The minimum absolute atomic E-state index is 0.275. The van der Waals surface area contributed by atoms with Crippen molar-refractivity contribution in [1.29, 1.82) is 0 Å². The van der Waals surface area contributed by atoms with Crippen LogP contribution in [0.3, 0.4) is 0 Å². The lowest BCUT2D eigenvalue weighted by Gasteiger charge is -2.00. The van der Waals surface area contributed by atoms with Gasteiger partial charge in [0, 0.05) is 11.9 Å². The molecule has 0 aliphatic carbocycles. The van der Waals surface area contributed by atoms with Crippen molar-refractivity contribution in [1.82, 2.24) is 15.0 Å². The van der Waals surface area contributed by atoms with Gasteiger partial charge in [-0.25, -0.2) is 4.68 Å². The van der Waals surface area contributed by atoms with Crippen LogP contribution in [0.4, 0.5) is 0 Å². The summed E-state index contributed by atoms with van der Waals surface area (Å²) in [4.78, 5) is 1.05. The molecule has 0 spiro atoms. The molecule has 0 bridgehead atoms. The van der Waals surface area contributed by atoms with Crippen molar-refractivity contribution < 1.29 is 5.11 Å². The topological polar surface area (TPSA) is 50.9 Å². The van der Waals surface area contributed by atoms with Gasteiger partial charge < -0.3 is 5.11 Å². The Hall–Kier alpha value is -1.49. The lowest BCUT2D eigenvalue weighted by molar-refractivity contribution is 0.475. The minimum atomic E-state index is 0.275. The number of aromatic nitrogens is 3. The summed E-state index contributed by atoms with van der Waals surface area (Å²) in [6, 6.07) is 7.03. The van der Waals surface area contributed by atoms with Crippen LogP contribution in [0.1, 0.15) is 0 Å². The highest BCUT2D eigenvalue weighted by Gasteiger charge is 2.01. The van der Waals surface area contributed by atoms with Gasteiger partial charge in [-0.1, -0.05) is 17.0 Å². The molecule has 72 valence electrons. The summed E-state index contributed by atoms with van der Waals surface area (Å²) < 4.78 is 1.71. The van der Waals surface area contributed by atoms with Crippen LogP contribution in [-0.4, -0.2) is 20.1 Å². The zero-order valence-electron chi connectivity index (χ0n) is 7.58. The molecule has 0 aliphatic rings. The molecule has 1 heterocycles. The van der Waals surface area contributed by atoms with E-state index in [9.17, 15) is 0 Å². The number of rotatable bonds is 2. The highest BCUT2D eigenvalue weighted by molar-refractivity contribution is 7.99. The first-order valence-electron chi connectivity index (χ1n) is 4.07. The molecule has 0 fully saturated rings. The standard InChI is InChI=1S/C9H9N3OS/c1-12-9(6-10-11-12)14-8-4-2-7(13)3-5-8/h2-6,13H,1H3. The Morgan fingerprint density at radius 2 is 2.00 bits per heavy atom. The molecule has 2 aromatic rings. The maximum absolute atomic E-state index is 9.10. The maximum atomic E-state index is 9.10. The average Bonchev–Trinajstić information content (AvgIpc) is 2.56. The zero-order valence-corrected chi connectivity index (χ0v) is 8.40. The van der Waals surface area contributed by atoms with Gasteiger partial charge >= 0.3 is 0 Å². The van der Waals surface area contributed by atoms with E-state index in [2.05, 4.69) is 10.3 Å². The summed E-state index contributed by atoms with van der Waals surface area (Å²) >= 11 is 1.56. The summed E-state index contributed by atoms with van der Waals surface area (Å²) in [6.45, 7) is 0. The number of phenolic OH excluding ortho intramolecular Hbond substituents is 1. The third-order valence-electron chi connectivity index (χ3n) is 1.73. The molecule has 1 N–H and O–H groups in total. The predicted molar refractivity (Wildman–Crippen MR) is 53.2 cm³/mol. The van der Waals surface area contributed by atoms with Gasteiger partial charge in [0.1, 0.15) is 10.8 Å². The molecule has 0 amide bonds. The highest BCUT2D eigenvalue weighted by Crippen LogP contribution is 2.27. The number of aromatic hydroxyl groups is 1. The van der Waals surface area contributed by atoms with Gasteiger partial charge in [-0.3, -0.25) is 0 Å². The van der Waals surface area contributed by atoms with E-state index in [1.165, 1.54) is 0 Å². The van der Waals surface area contributed by atoms with Crippen LogP contribution < -0.4 is 0 Å². The quantitative estimate of drug-likeness (QED) is 0.813. The van der Waals surface area contributed by atoms with E-state index in [1.807, 2.05) is 19.2 Å². The van der Waals surface area contributed by atoms with E-state index in [0.29, 0.717) is 0 Å². The second kappa shape index (κ2) is 3.71. The Kier molecular flexibility index (Phi) is 2.41. The summed E-state index contributed by atoms with van der Waals surface area (Å²) in [5.41, 5.74) is 0. The van der Waals surface area contributed by atoms with Gasteiger partial charge in [-0.15, -0.1) is 5.10 Å². The van der Waals surface area contributed by atoms with Crippen molar-refractivity contribution in [3.8, 4) is 5.75 Å². The van der Waals surface area contributed by atoms with Gasteiger partial charge in [-0.05, 0) is 24.3 Å². The average molecular weight is 207 g/mol. The van der Waals surface area contributed by atoms with Crippen molar-refractivity contribution >= 4 is 11.8 Å². The largest absolute Gasteiger partial charge is 0.508 e. The van der Waals surface area contributed by atoms with Gasteiger partial charge in [-0.2, -0.15) is 0 Å². The molecule has 1 aromatic carbocycles. The molecule has 1 aromatic heterocycles. The number of phenols is 1. The first-order chi connectivity index (χ1) is 6.75. The van der Waals surface area contributed by atoms with E-state index >= 15 is 0 Å². The Balaban J connectivity index is 2.19. The van der Waals surface area contributed by atoms with Crippen LogP contribution in [0.15, 0.2) is 40.4 Å². The van der Waals surface area contributed by atoms with Gasteiger partial charge in [0.15, 0.2) is 0 Å². The molecule has 0 radical (unpaired) electrons. The molecule has 0 unspecified atom stereocenters. The fraction of sp³-hybridized carbons (Fsp3) is 0.111. The first kappa shape index (κ1) is 9.08. The van der Waals surface area contributed by atoms with Gasteiger partial charge in [0.05, 0.1) is 6.20 Å². The van der Waals surface area contributed by atoms with Crippen molar-refractivity contribution in [2.24, 2.45) is 7.05 Å². The minimum Gasteiger partial charge on any atom is -0.508 e. The molecule has 0 saturated carbocycles. The monoisotopic (exact) mass is 207 g/mol. The van der Waals surface area contributed by atoms with Crippen LogP contribution in [0.25, 0.3) is 0 Å². The Morgan fingerprint density at radius 1 is 1.29 bits per heavy atom. The number of hydrogen-bond acceptors (Lipinski definition) is 4. The van der Waals surface area contributed by atoms with E-state index in [0.717, 1.165) is 9.92 Å². The fourth-order valence-corrected chi connectivity index (χ4v) is 1.79. The van der Waals surface area contributed by atoms with Crippen LogP contribution in [0, 0.1) is 0 Å². The van der Waals surface area contributed by atoms with Crippen LogP contribution >= 0.6 is 11.8 Å². The van der Waals surface area contributed by atoms with Crippen LogP contribution in [0.2, 0.25) is 0 Å². The third kappa shape index (κ3) is 1.88. The number of aryl methyl sites for hydroxylation is 1. The van der Waals surface area contributed by atoms with E-state index in [1.54, 1.807) is 34.8 Å². The molecule has 5 heteroatoms. The molecule has 0 aliphatic heterocycles. The van der Waals surface area contributed by atoms with E-state index in [4.69, 9.17) is 5.11 Å². The van der Waals surface area contributed by atoms with Crippen molar-refractivity contribution in [2.45, 2.75) is 9.92 Å². The summed E-state index contributed by atoms with van der Waals surface area (Å²) in [5.74, 6) is 0.275. The van der Waals surface area contributed by atoms with Gasteiger partial charge in [0.2, 0.25) is 0 Å². The molecule has 4 nitrogen and oxygen atoms in total. The Labute approximate surface area is 85.6 Å².